The molecule has 0 spiro atoms. The standard InChI is InChI=1S/C24H32N2O6/c1-7-18-22(24(28)32-13-15(4)5)21(17-10-8-9-11-19(17)26(29)30)20(16(6)25-18)23(27)31-12-14(2)3/h8-11,14-15,21,25H,7,12-13H2,1-6H3. The van der Waals surface area contributed by atoms with Gasteiger partial charge in [-0.05, 0) is 25.2 Å². The summed E-state index contributed by atoms with van der Waals surface area (Å²) < 4.78 is 11.0. The predicted octanol–water partition coefficient (Wildman–Crippen LogP) is 4.62. The molecular formula is C24H32N2O6. The van der Waals surface area contributed by atoms with Crippen LogP contribution >= 0.6 is 0 Å². The van der Waals surface area contributed by atoms with Crippen molar-refractivity contribution in [3.8, 4) is 0 Å². The number of esters is 2. The van der Waals surface area contributed by atoms with Crippen LogP contribution < -0.4 is 5.32 Å². The Labute approximate surface area is 188 Å². The van der Waals surface area contributed by atoms with Gasteiger partial charge >= 0.3 is 11.9 Å². The van der Waals surface area contributed by atoms with E-state index in [0.717, 1.165) is 0 Å². The Hall–Kier alpha value is -3.16. The predicted molar refractivity (Wildman–Crippen MR) is 121 cm³/mol. The van der Waals surface area contributed by atoms with E-state index in [0.29, 0.717) is 17.8 Å². The summed E-state index contributed by atoms with van der Waals surface area (Å²) in [6.07, 6.45) is 0.453. The van der Waals surface area contributed by atoms with E-state index < -0.39 is 22.8 Å². The molecule has 1 aromatic carbocycles. The Morgan fingerprint density at radius 3 is 2.06 bits per heavy atom. The molecule has 32 heavy (non-hydrogen) atoms. The highest BCUT2D eigenvalue weighted by Crippen LogP contribution is 2.43. The Bertz CT molecular complexity index is 946. The zero-order valence-corrected chi connectivity index (χ0v) is 19.6. The van der Waals surface area contributed by atoms with E-state index >= 15 is 0 Å². The topological polar surface area (TPSA) is 108 Å². The first-order valence-electron chi connectivity index (χ1n) is 10.9. The van der Waals surface area contributed by atoms with Crippen molar-refractivity contribution in [3.63, 3.8) is 0 Å². The zero-order chi connectivity index (χ0) is 24.0. The largest absolute Gasteiger partial charge is 0.462 e. The van der Waals surface area contributed by atoms with Crippen LogP contribution in [-0.4, -0.2) is 30.1 Å². The number of benzene rings is 1. The molecule has 2 rings (SSSR count). The quantitative estimate of drug-likeness (QED) is 0.336. The molecule has 0 fully saturated rings. The van der Waals surface area contributed by atoms with Crippen molar-refractivity contribution in [1.29, 1.82) is 0 Å². The number of carbonyl (C=O) groups is 2. The summed E-state index contributed by atoms with van der Waals surface area (Å²) in [5.41, 5.74) is 1.51. The van der Waals surface area contributed by atoms with Crippen LogP contribution in [0, 0.1) is 22.0 Å². The molecule has 1 atom stereocenters. The van der Waals surface area contributed by atoms with Crippen molar-refractivity contribution in [2.75, 3.05) is 13.2 Å². The highest BCUT2D eigenvalue weighted by atomic mass is 16.6. The maximum absolute atomic E-state index is 13.2. The smallest absolute Gasteiger partial charge is 0.336 e. The fraction of sp³-hybridized carbons (Fsp3) is 0.500. The van der Waals surface area contributed by atoms with Gasteiger partial charge in [-0.25, -0.2) is 9.59 Å². The molecule has 8 nitrogen and oxygen atoms in total. The van der Waals surface area contributed by atoms with E-state index in [-0.39, 0.29) is 47.4 Å². The number of nitro benzene ring substituents is 1. The number of carbonyl (C=O) groups excluding carboxylic acids is 2. The fourth-order valence-corrected chi connectivity index (χ4v) is 3.54. The average Bonchev–Trinajstić information content (AvgIpc) is 2.74. The van der Waals surface area contributed by atoms with Crippen LogP contribution in [0.2, 0.25) is 0 Å². The van der Waals surface area contributed by atoms with Gasteiger partial charge in [-0.3, -0.25) is 10.1 Å². The number of ether oxygens (including phenoxy) is 2. The maximum atomic E-state index is 13.2. The van der Waals surface area contributed by atoms with Gasteiger partial charge in [0.1, 0.15) is 0 Å². The summed E-state index contributed by atoms with van der Waals surface area (Å²) in [5, 5.41) is 14.9. The molecule has 0 radical (unpaired) electrons. The second-order valence-electron chi connectivity index (χ2n) is 8.64. The third-order valence-electron chi connectivity index (χ3n) is 4.98. The summed E-state index contributed by atoms with van der Waals surface area (Å²) in [6, 6.07) is 6.14. The molecule has 174 valence electrons. The number of nitro groups is 1. The first-order chi connectivity index (χ1) is 15.1. The third kappa shape index (κ3) is 5.75. The number of para-hydroxylation sites is 1. The van der Waals surface area contributed by atoms with Gasteiger partial charge in [0.25, 0.3) is 5.69 Å². The molecule has 1 unspecified atom stereocenters. The highest BCUT2D eigenvalue weighted by Gasteiger charge is 2.41. The lowest BCUT2D eigenvalue weighted by Crippen LogP contribution is -2.34. The Kier molecular flexibility index (Phi) is 8.57. The number of allylic oxidation sites excluding steroid dienone is 2. The van der Waals surface area contributed by atoms with Crippen molar-refractivity contribution < 1.29 is 24.0 Å². The molecule has 1 aliphatic heterocycles. The molecule has 0 saturated heterocycles. The molecule has 1 heterocycles. The van der Waals surface area contributed by atoms with Gasteiger partial charge in [-0.2, -0.15) is 0 Å². The second-order valence-corrected chi connectivity index (χ2v) is 8.64. The summed E-state index contributed by atoms with van der Waals surface area (Å²) in [7, 11) is 0. The van der Waals surface area contributed by atoms with Crippen LogP contribution in [-0.2, 0) is 19.1 Å². The summed E-state index contributed by atoms with van der Waals surface area (Å²) >= 11 is 0. The molecule has 0 bridgehead atoms. The molecule has 0 saturated carbocycles. The van der Waals surface area contributed by atoms with E-state index in [1.165, 1.54) is 6.07 Å². The van der Waals surface area contributed by atoms with E-state index in [1.807, 2.05) is 34.6 Å². The van der Waals surface area contributed by atoms with Crippen molar-refractivity contribution in [3.05, 3.63) is 62.5 Å². The van der Waals surface area contributed by atoms with Gasteiger partial charge in [0.2, 0.25) is 0 Å². The third-order valence-corrected chi connectivity index (χ3v) is 4.98. The maximum Gasteiger partial charge on any atom is 0.336 e. The molecular weight excluding hydrogens is 412 g/mol. The van der Waals surface area contributed by atoms with Crippen LogP contribution in [0.25, 0.3) is 0 Å². The molecule has 1 aromatic rings. The first-order valence-corrected chi connectivity index (χ1v) is 10.9. The average molecular weight is 445 g/mol. The summed E-state index contributed by atoms with van der Waals surface area (Å²) in [6.45, 7) is 11.6. The molecule has 0 aliphatic carbocycles. The van der Waals surface area contributed by atoms with Gasteiger partial charge in [0, 0.05) is 23.0 Å². The van der Waals surface area contributed by atoms with Crippen LogP contribution in [0.3, 0.4) is 0 Å². The van der Waals surface area contributed by atoms with Gasteiger partial charge < -0.3 is 14.8 Å². The van der Waals surface area contributed by atoms with Crippen LogP contribution in [0.5, 0.6) is 0 Å². The van der Waals surface area contributed by atoms with Crippen LogP contribution in [0.1, 0.15) is 59.4 Å². The Balaban J connectivity index is 2.70. The lowest BCUT2D eigenvalue weighted by atomic mass is 9.79. The minimum absolute atomic E-state index is 0.109. The zero-order valence-electron chi connectivity index (χ0n) is 19.6. The summed E-state index contributed by atoms with van der Waals surface area (Å²) in [4.78, 5) is 37.7. The van der Waals surface area contributed by atoms with Gasteiger partial charge in [-0.15, -0.1) is 0 Å². The SMILES string of the molecule is CCC1=C(C(=O)OCC(C)C)C(c2ccccc2[N+](=O)[O-])C(C(=O)OCC(C)C)=C(C)N1. The van der Waals surface area contributed by atoms with Crippen molar-refractivity contribution in [1.82, 2.24) is 5.32 Å². The van der Waals surface area contributed by atoms with Gasteiger partial charge in [0.15, 0.2) is 0 Å². The van der Waals surface area contributed by atoms with E-state index in [2.05, 4.69) is 5.32 Å². The van der Waals surface area contributed by atoms with Crippen LogP contribution in [0.15, 0.2) is 46.8 Å². The van der Waals surface area contributed by atoms with Crippen molar-refractivity contribution in [2.24, 2.45) is 11.8 Å². The highest BCUT2D eigenvalue weighted by molar-refractivity contribution is 6.00. The Morgan fingerprint density at radius 1 is 1.03 bits per heavy atom. The van der Waals surface area contributed by atoms with Crippen molar-refractivity contribution >= 4 is 17.6 Å². The monoisotopic (exact) mass is 444 g/mol. The molecule has 1 aliphatic rings. The molecule has 1 N–H and O–H groups in total. The van der Waals surface area contributed by atoms with Gasteiger partial charge in [0.05, 0.1) is 35.2 Å². The van der Waals surface area contributed by atoms with Crippen LogP contribution in [0.4, 0.5) is 5.69 Å². The molecule has 8 heteroatoms. The molecule has 0 aromatic heterocycles. The number of rotatable bonds is 9. The van der Waals surface area contributed by atoms with E-state index in [9.17, 15) is 19.7 Å². The first kappa shape index (κ1) is 25.1. The lowest BCUT2D eigenvalue weighted by Gasteiger charge is -2.31. The fourth-order valence-electron chi connectivity index (χ4n) is 3.54. The number of nitrogens with one attached hydrogen (secondary N) is 1. The van der Waals surface area contributed by atoms with E-state index in [4.69, 9.17) is 9.47 Å². The number of nitrogens with zero attached hydrogens (tertiary/aromatic N) is 1. The normalized spacial score (nSPS) is 16.3. The van der Waals surface area contributed by atoms with Crippen molar-refractivity contribution in [2.45, 2.75) is 53.9 Å². The number of hydrogen-bond donors (Lipinski definition) is 1. The Morgan fingerprint density at radius 2 is 1.56 bits per heavy atom. The minimum atomic E-state index is -0.980. The number of dihydropyridines is 1. The van der Waals surface area contributed by atoms with E-state index in [1.54, 1.807) is 25.1 Å². The summed E-state index contributed by atoms with van der Waals surface area (Å²) in [5.74, 6) is -1.98. The minimum Gasteiger partial charge on any atom is -0.462 e. The lowest BCUT2D eigenvalue weighted by molar-refractivity contribution is -0.385. The second kappa shape index (κ2) is 10.9. The van der Waals surface area contributed by atoms with Gasteiger partial charge in [-0.1, -0.05) is 52.8 Å². The molecule has 0 amide bonds. The number of hydrogen-bond acceptors (Lipinski definition) is 7.